The molecule has 3 heterocycles. The van der Waals surface area contributed by atoms with E-state index in [0.29, 0.717) is 12.6 Å². The first kappa shape index (κ1) is 15.2. The van der Waals surface area contributed by atoms with Gasteiger partial charge in [0.1, 0.15) is 18.7 Å². The minimum Gasteiger partial charge on any atom is -0.353 e. The first-order valence-electron chi connectivity index (χ1n) is 7.56. The Morgan fingerprint density at radius 1 is 1.50 bits per heavy atom. The van der Waals surface area contributed by atoms with Crippen molar-refractivity contribution in [2.45, 2.75) is 38.9 Å². The van der Waals surface area contributed by atoms with Gasteiger partial charge in [-0.15, -0.1) is 11.3 Å². The fourth-order valence-electron chi connectivity index (χ4n) is 2.71. The normalized spacial score (nSPS) is 17.7. The predicted molar refractivity (Wildman–Crippen MR) is 85.6 cm³/mol. The summed E-state index contributed by atoms with van der Waals surface area (Å²) in [7, 11) is 0. The molecule has 3 rings (SSSR count). The van der Waals surface area contributed by atoms with Gasteiger partial charge < -0.3 is 5.32 Å². The molecule has 1 aliphatic rings. The Hall–Kier alpha value is -1.73. The van der Waals surface area contributed by atoms with Crippen molar-refractivity contribution < 1.29 is 4.79 Å². The van der Waals surface area contributed by atoms with Crippen molar-refractivity contribution in [3.8, 4) is 0 Å². The zero-order valence-corrected chi connectivity index (χ0v) is 13.7. The van der Waals surface area contributed by atoms with Crippen LogP contribution in [0.5, 0.6) is 0 Å². The summed E-state index contributed by atoms with van der Waals surface area (Å²) in [5.41, 5.74) is 1.44. The quantitative estimate of drug-likeness (QED) is 0.906. The Balaban J connectivity index is 1.50. The standard InChI is InChI=1S/C15H21N5OS/c1-11(19-5-3-14-13(8-19)4-6-22-14)7-17-15(21)12(2)20-10-16-9-18-20/h4,6,9-12H,3,5,7-8H2,1-2H3,(H,17,21)/t11-,12+/m1/s1. The van der Waals surface area contributed by atoms with E-state index in [9.17, 15) is 4.79 Å². The van der Waals surface area contributed by atoms with Gasteiger partial charge in [0.15, 0.2) is 0 Å². The molecule has 2 atom stereocenters. The molecule has 1 N–H and O–H groups in total. The number of hydrogen-bond acceptors (Lipinski definition) is 5. The van der Waals surface area contributed by atoms with Crippen molar-refractivity contribution in [3.05, 3.63) is 34.5 Å². The highest BCUT2D eigenvalue weighted by atomic mass is 32.1. The number of carbonyl (C=O) groups excluding carboxylic acids is 1. The van der Waals surface area contributed by atoms with E-state index in [1.807, 2.05) is 18.3 Å². The number of hydrogen-bond donors (Lipinski definition) is 1. The van der Waals surface area contributed by atoms with E-state index >= 15 is 0 Å². The summed E-state index contributed by atoms with van der Waals surface area (Å²) in [4.78, 5) is 20.0. The Morgan fingerprint density at radius 2 is 2.36 bits per heavy atom. The maximum Gasteiger partial charge on any atom is 0.244 e. The summed E-state index contributed by atoms with van der Waals surface area (Å²) in [6.07, 6.45) is 4.12. The molecule has 118 valence electrons. The SMILES string of the molecule is C[C@H](CNC(=O)[C@H](C)n1cncn1)N1CCc2sccc2C1. The lowest BCUT2D eigenvalue weighted by atomic mass is 10.1. The number of fused-ring (bicyclic) bond motifs is 1. The van der Waals surface area contributed by atoms with Gasteiger partial charge in [0, 0.05) is 30.6 Å². The van der Waals surface area contributed by atoms with E-state index < -0.39 is 0 Å². The molecular formula is C15H21N5OS. The molecule has 2 aromatic heterocycles. The number of amides is 1. The molecule has 0 saturated carbocycles. The summed E-state index contributed by atoms with van der Waals surface area (Å²) in [5.74, 6) is -0.0226. The molecule has 6 nitrogen and oxygen atoms in total. The van der Waals surface area contributed by atoms with E-state index in [2.05, 4.69) is 38.7 Å². The first-order valence-corrected chi connectivity index (χ1v) is 8.44. The van der Waals surface area contributed by atoms with Crippen LogP contribution in [0.3, 0.4) is 0 Å². The number of carbonyl (C=O) groups is 1. The van der Waals surface area contributed by atoms with E-state index in [-0.39, 0.29) is 11.9 Å². The first-order chi connectivity index (χ1) is 10.6. The lowest BCUT2D eigenvalue weighted by Crippen LogP contribution is -2.45. The van der Waals surface area contributed by atoms with Crippen molar-refractivity contribution in [3.63, 3.8) is 0 Å². The summed E-state index contributed by atoms with van der Waals surface area (Å²) in [6.45, 7) is 6.68. The average molecular weight is 319 g/mol. The van der Waals surface area contributed by atoms with Crippen molar-refractivity contribution >= 4 is 17.2 Å². The largest absolute Gasteiger partial charge is 0.353 e. The van der Waals surface area contributed by atoms with Crippen LogP contribution in [0.1, 0.15) is 30.3 Å². The molecule has 0 aromatic carbocycles. The molecule has 1 aliphatic heterocycles. The minimum absolute atomic E-state index is 0.0226. The van der Waals surface area contributed by atoms with Crippen molar-refractivity contribution in [1.82, 2.24) is 25.0 Å². The minimum atomic E-state index is -0.334. The van der Waals surface area contributed by atoms with Crippen molar-refractivity contribution in [2.24, 2.45) is 0 Å². The maximum absolute atomic E-state index is 12.2. The van der Waals surface area contributed by atoms with Gasteiger partial charge in [0.05, 0.1) is 0 Å². The van der Waals surface area contributed by atoms with Crippen molar-refractivity contribution in [1.29, 1.82) is 0 Å². The van der Waals surface area contributed by atoms with Crippen LogP contribution in [-0.2, 0) is 17.8 Å². The van der Waals surface area contributed by atoms with Crippen LogP contribution in [0.4, 0.5) is 0 Å². The summed E-state index contributed by atoms with van der Waals surface area (Å²) >= 11 is 1.85. The Kier molecular flexibility index (Phi) is 4.54. The van der Waals surface area contributed by atoms with Gasteiger partial charge in [0.2, 0.25) is 5.91 Å². The van der Waals surface area contributed by atoms with E-state index in [1.54, 1.807) is 11.0 Å². The molecule has 0 radical (unpaired) electrons. The Bertz CT molecular complexity index is 624. The molecule has 0 saturated heterocycles. The predicted octanol–water partition coefficient (Wildman–Crippen LogP) is 1.46. The molecular weight excluding hydrogens is 298 g/mol. The highest BCUT2D eigenvalue weighted by Crippen LogP contribution is 2.24. The second kappa shape index (κ2) is 6.58. The number of rotatable bonds is 5. The Morgan fingerprint density at radius 3 is 3.14 bits per heavy atom. The van der Waals surface area contributed by atoms with Crippen molar-refractivity contribution in [2.75, 3.05) is 13.1 Å². The second-order valence-electron chi connectivity index (χ2n) is 5.74. The van der Waals surface area contributed by atoms with Crippen LogP contribution in [0.25, 0.3) is 0 Å². The third-order valence-electron chi connectivity index (χ3n) is 4.25. The fourth-order valence-corrected chi connectivity index (χ4v) is 3.60. The molecule has 0 unspecified atom stereocenters. The average Bonchev–Trinajstić information content (AvgIpc) is 3.21. The summed E-state index contributed by atoms with van der Waals surface area (Å²) < 4.78 is 1.57. The third kappa shape index (κ3) is 3.20. The zero-order chi connectivity index (χ0) is 15.5. The van der Waals surface area contributed by atoms with Crippen LogP contribution in [0.15, 0.2) is 24.1 Å². The highest BCUT2D eigenvalue weighted by molar-refractivity contribution is 7.10. The molecule has 0 fully saturated rings. The zero-order valence-electron chi connectivity index (χ0n) is 12.9. The van der Waals surface area contributed by atoms with Gasteiger partial charge in [-0.3, -0.25) is 9.69 Å². The van der Waals surface area contributed by atoms with Crippen LogP contribution in [0, 0.1) is 0 Å². The lowest BCUT2D eigenvalue weighted by molar-refractivity contribution is -0.124. The lowest BCUT2D eigenvalue weighted by Gasteiger charge is -2.32. The molecule has 2 aromatic rings. The fraction of sp³-hybridized carbons (Fsp3) is 0.533. The smallest absolute Gasteiger partial charge is 0.244 e. The van der Waals surface area contributed by atoms with Gasteiger partial charge in [0.25, 0.3) is 0 Å². The molecule has 0 spiro atoms. The van der Waals surface area contributed by atoms with Gasteiger partial charge in [-0.05, 0) is 37.3 Å². The van der Waals surface area contributed by atoms with E-state index in [1.165, 1.54) is 16.8 Å². The van der Waals surface area contributed by atoms with Gasteiger partial charge >= 0.3 is 0 Å². The molecule has 7 heteroatoms. The van der Waals surface area contributed by atoms with E-state index in [4.69, 9.17) is 0 Å². The maximum atomic E-state index is 12.2. The highest BCUT2D eigenvalue weighted by Gasteiger charge is 2.22. The summed E-state index contributed by atoms with van der Waals surface area (Å²) in [6, 6.07) is 2.20. The van der Waals surface area contributed by atoms with Crippen LogP contribution in [0.2, 0.25) is 0 Å². The van der Waals surface area contributed by atoms with Crippen LogP contribution in [-0.4, -0.2) is 44.7 Å². The molecule has 0 aliphatic carbocycles. The van der Waals surface area contributed by atoms with Gasteiger partial charge in [-0.1, -0.05) is 0 Å². The van der Waals surface area contributed by atoms with Gasteiger partial charge in [-0.2, -0.15) is 5.10 Å². The molecule has 1 amide bonds. The topological polar surface area (TPSA) is 63.1 Å². The number of thiophene rings is 1. The third-order valence-corrected chi connectivity index (χ3v) is 5.27. The monoisotopic (exact) mass is 319 g/mol. The number of nitrogens with zero attached hydrogens (tertiary/aromatic N) is 4. The van der Waals surface area contributed by atoms with Gasteiger partial charge in [-0.25, -0.2) is 9.67 Å². The molecule has 22 heavy (non-hydrogen) atoms. The van der Waals surface area contributed by atoms with Crippen LogP contribution >= 0.6 is 11.3 Å². The van der Waals surface area contributed by atoms with E-state index in [0.717, 1.165) is 19.5 Å². The Labute approximate surface area is 134 Å². The number of nitrogens with one attached hydrogen (secondary N) is 1. The second-order valence-corrected chi connectivity index (χ2v) is 6.74. The van der Waals surface area contributed by atoms with Crippen LogP contribution < -0.4 is 5.32 Å². The number of aromatic nitrogens is 3. The summed E-state index contributed by atoms with van der Waals surface area (Å²) in [5, 5.41) is 9.19. The molecule has 0 bridgehead atoms.